The van der Waals surface area contributed by atoms with Crippen LogP contribution in [-0.2, 0) is 4.79 Å². The quantitative estimate of drug-likeness (QED) is 0.533. The third-order valence-corrected chi connectivity index (χ3v) is 7.02. The summed E-state index contributed by atoms with van der Waals surface area (Å²) in [5.41, 5.74) is 2.08. The molecule has 5 heterocycles. The van der Waals surface area contributed by atoms with Gasteiger partial charge >= 0.3 is 0 Å². The summed E-state index contributed by atoms with van der Waals surface area (Å²) in [7, 11) is 0. The lowest BCUT2D eigenvalue weighted by molar-refractivity contribution is -0.117. The van der Waals surface area contributed by atoms with Crippen molar-refractivity contribution in [3.8, 4) is 0 Å². The van der Waals surface area contributed by atoms with E-state index in [2.05, 4.69) is 44.0 Å². The zero-order valence-electron chi connectivity index (χ0n) is 16.1. The van der Waals surface area contributed by atoms with E-state index in [1.54, 1.807) is 23.9 Å². The third-order valence-electron chi connectivity index (χ3n) is 5.23. The van der Waals surface area contributed by atoms with E-state index < -0.39 is 0 Å². The fourth-order valence-corrected chi connectivity index (χ4v) is 5.17. The van der Waals surface area contributed by atoms with Gasteiger partial charge in [-0.3, -0.25) is 9.69 Å². The Bertz CT molecular complexity index is 1170. The largest absolute Gasteiger partial charge is 0.338 e. The van der Waals surface area contributed by atoms with Crippen LogP contribution >= 0.6 is 22.7 Å². The zero-order chi connectivity index (χ0) is 20.0. The average Bonchev–Trinajstić information content (AvgIpc) is 3.44. The number of anilines is 2. The Labute approximate surface area is 175 Å². The highest BCUT2D eigenvalue weighted by atomic mass is 32.1. The Morgan fingerprint density at radius 3 is 2.79 bits per heavy atom. The number of thiazole rings is 1. The van der Waals surface area contributed by atoms with E-state index >= 15 is 0 Å². The highest BCUT2D eigenvalue weighted by Crippen LogP contribution is 2.33. The van der Waals surface area contributed by atoms with E-state index in [0.717, 1.165) is 48.0 Å². The van der Waals surface area contributed by atoms with Gasteiger partial charge < -0.3 is 10.2 Å². The maximum atomic E-state index is 12.2. The Hall–Kier alpha value is -2.63. The molecule has 1 aliphatic rings. The summed E-state index contributed by atoms with van der Waals surface area (Å²) >= 11 is 3.12. The molecule has 0 radical (unpaired) electrons. The van der Waals surface area contributed by atoms with Crippen LogP contribution in [0.2, 0.25) is 0 Å². The second-order valence-corrected chi connectivity index (χ2v) is 9.12. The number of piperazine rings is 1. The van der Waals surface area contributed by atoms with Crippen LogP contribution in [0.1, 0.15) is 10.4 Å². The SMILES string of the molecule is Cc1sc2nc(N3CCN(CC(=O)Nc4nccs4)CC3)n3ncnc3c2c1C. The standard InChI is InChI=1S/C18H20N8OS2/c1-11-12(2)29-16-14(11)15-20-10-21-26(15)18(23-16)25-6-4-24(5-7-25)9-13(27)22-17-19-3-8-28-17/h3,8,10H,4-7,9H2,1-2H3,(H,19,22,27). The molecule has 1 saturated heterocycles. The number of carbonyl (C=O) groups is 1. The molecular formula is C18H20N8OS2. The second kappa shape index (κ2) is 7.32. The molecule has 0 atom stereocenters. The first-order valence-corrected chi connectivity index (χ1v) is 11.1. The lowest BCUT2D eigenvalue weighted by Crippen LogP contribution is -2.49. The Morgan fingerprint density at radius 1 is 1.21 bits per heavy atom. The molecule has 9 nitrogen and oxygen atoms in total. The van der Waals surface area contributed by atoms with Crippen molar-refractivity contribution < 1.29 is 4.79 Å². The fourth-order valence-electron chi connectivity index (χ4n) is 3.61. The Morgan fingerprint density at radius 2 is 2.03 bits per heavy atom. The molecule has 0 aliphatic carbocycles. The number of nitrogens with zero attached hydrogens (tertiary/aromatic N) is 7. The number of amides is 1. The molecule has 0 aromatic carbocycles. The smallest absolute Gasteiger partial charge is 0.240 e. The number of rotatable bonds is 4. The molecular weight excluding hydrogens is 408 g/mol. The summed E-state index contributed by atoms with van der Waals surface area (Å²) in [6, 6.07) is 0. The molecule has 29 heavy (non-hydrogen) atoms. The predicted octanol–water partition coefficient (Wildman–Crippen LogP) is 2.17. The molecule has 0 saturated carbocycles. The van der Waals surface area contributed by atoms with Gasteiger partial charge in [0.1, 0.15) is 11.2 Å². The predicted molar refractivity (Wildman–Crippen MR) is 115 cm³/mol. The molecule has 0 bridgehead atoms. The molecule has 4 aromatic rings. The van der Waals surface area contributed by atoms with Crippen molar-refractivity contribution >= 4 is 55.5 Å². The number of nitrogens with one attached hydrogen (secondary N) is 1. The van der Waals surface area contributed by atoms with Crippen LogP contribution in [-0.4, -0.2) is 68.1 Å². The molecule has 11 heteroatoms. The first-order valence-electron chi connectivity index (χ1n) is 9.36. The first-order chi connectivity index (χ1) is 14.1. The molecule has 150 valence electrons. The average molecular weight is 429 g/mol. The van der Waals surface area contributed by atoms with Gasteiger partial charge in [0.25, 0.3) is 0 Å². The third kappa shape index (κ3) is 3.34. The summed E-state index contributed by atoms with van der Waals surface area (Å²) in [6.45, 7) is 7.71. The van der Waals surface area contributed by atoms with Crippen LogP contribution in [0.5, 0.6) is 0 Å². The number of hydrogen-bond acceptors (Lipinski definition) is 9. The zero-order valence-corrected chi connectivity index (χ0v) is 17.8. The minimum absolute atomic E-state index is 0.0313. The summed E-state index contributed by atoms with van der Waals surface area (Å²) in [6.07, 6.45) is 3.27. The normalized spacial score (nSPS) is 15.4. The minimum Gasteiger partial charge on any atom is -0.338 e. The van der Waals surface area contributed by atoms with Gasteiger partial charge in [-0.1, -0.05) is 0 Å². The van der Waals surface area contributed by atoms with Crippen molar-refractivity contribution in [2.24, 2.45) is 0 Å². The van der Waals surface area contributed by atoms with Crippen LogP contribution in [0.4, 0.5) is 11.1 Å². The van der Waals surface area contributed by atoms with E-state index in [1.165, 1.54) is 21.8 Å². The van der Waals surface area contributed by atoms with Crippen LogP contribution in [0.25, 0.3) is 15.9 Å². The molecule has 0 unspecified atom stereocenters. The number of thiophene rings is 1. The van der Waals surface area contributed by atoms with Gasteiger partial charge in [-0.25, -0.2) is 15.0 Å². The molecule has 4 aromatic heterocycles. The lowest BCUT2D eigenvalue weighted by atomic mass is 10.2. The molecule has 5 rings (SSSR count). The highest BCUT2D eigenvalue weighted by Gasteiger charge is 2.24. The monoisotopic (exact) mass is 428 g/mol. The van der Waals surface area contributed by atoms with Gasteiger partial charge in [0.2, 0.25) is 11.9 Å². The van der Waals surface area contributed by atoms with Crippen molar-refractivity contribution in [1.82, 2.24) is 29.5 Å². The van der Waals surface area contributed by atoms with Crippen LogP contribution in [0, 0.1) is 13.8 Å². The van der Waals surface area contributed by atoms with E-state index in [1.807, 2.05) is 9.90 Å². The maximum Gasteiger partial charge on any atom is 0.240 e. The number of fused-ring (bicyclic) bond motifs is 3. The van der Waals surface area contributed by atoms with E-state index in [-0.39, 0.29) is 5.91 Å². The number of hydrogen-bond donors (Lipinski definition) is 1. The topological polar surface area (TPSA) is 91.6 Å². The van der Waals surface area contributed by atoms with Gasteiger partial charge in [0.15, 0.2) is 10.8 Å². The maximum absolute atomic E-state index is 12.2. The van der Waals surface area contributed by atoms with Crippen molar-refractivity contribution in [3.63, 3.8) is 0 Å². The van der Waals surface area contributed by atoms with Gasteiger partial charge in [-0.2, -0.15) is 9.61 Å². The van der Waals surface area contributed by atoms with Crippen molar-refractivity contribution in [2.45, 2.75) is 13.8 Å². The first kappa shape index (κ1) is 18.4. The molecule has 1 amide bonds. The summed E-state index contributed by atoms with van der Waals surface area (Å²) in [5, 5.41) is 10.8. The van der Waals surface area contributed by atoms with Crippen LogP contribution in [0.15, 0.2) is 17.9 Å². The van der Waals surface area contributed by atoms with E-state index in [9.17, 15) is 4.79 Å². The molecule has 0 spiro atoms. The van der Waals surface area contributed by atoms with Crippen molar-refractivity contribution in [1.29, 1.82) is 0 Å². The van der Waals surface area contributed by atoms with Gasteiger partial charge in [-0.15, -0.1) is 22.7 Å². The molecule has 1 N–H and O–H groups in total. The van der Waals surface area contributed by atoms with Crippen LogP contribution < -0.4 is 10.2 Å². The highest BCUT2D eigenvalue weighted by molar-refractivity contribution is 7.18. The van der Waals surface area contributed by atoms with Crippen molar-refractivity contribution in [2.75, 3.05) is 42.9 Å². The summed E-state index contributed by atoms with van der Waals surface area (Å²) < 4.78 is 1.84. The van der Waals surface area contributed by atoms with E-state index in [4.69, 9.17) is 4.98 Å². The summed E-state index contributed by atoms with van der Waals surface area (Å²) in [5.74, 6) is 0.786. The minimum atomic E-state index is -0.0313. The lowest BCUT2D eigenvalue weighted by Gasteiger charge is -2.34. The number of carbonyl (C=O) groups excluding carboxylic acids is 1. The second-order valence-electron chi connectivity index (χ2n) is 7.02. The molecule has 1 fully saturated rings. The molecule has 1 aliphatic heterocycles. The van der Waals surface area contributed by atoms with Crippen LogP contribution in [0.3, 0.4) is 0 Å². The Balaban J connectivity index is 1.32. The van der Waals surface area contributed by atoms with Crippen molar-refractivity contribution in [3.05, 3.63) is 28.3 Å². The summed E-state index contributed by atoms with van der Waals surface area (Å²) in [4.78, 5) is 32.3. The number of aromatic nitrogens is 5. The van der Waals surface area contributed by atoms with Gasteiger partial charge in [0, 0.05) is 42.6 Å². The number of aryl methyl sites for hydroxylation is 2. The fraction of sp³-hybridized carbons (Fsp3) is 0.389. The van der Waals surface area contributed by atoms with E-state index in [0.29, 0.717) is 11.7 Å². The van der Waals surface area contributed by atoms with Gasteiger partial charge in [-0.05, 0) is 19.4 Å². The van der Waals surface area contributed by atoms with Gasteiger partial charge in [0.05, 0.1) is 11.9 Å². The Kier molecular flexibility index (Phi) is 4.64.